The number of hydrogen-bond acceptors (Lipinski definition) is 4. The molecule has 0 radical (unpaired) electrons. The summed E-state index contributed by atoms with van der Waals surface area (Å²) in [6, 6.07) is 0.768. The van der Waals surface area contributed by atoms with Gasteiger partial charge in [0.15, 0.2) is 5.69 Å². The zero-order chi connectivity index (χ0) is 12.8. The van der Waals surface area contributed by atoms with Crippen LogP contribution in [0, 0.1) is 5.92 Å². The van der Waals surface area contributed by atoms with E-state index >= 15 is 0 Å². The number of aromatic nitrogens is 3. The average Bonchev–Trinajstić information content (AvgIpc) is 3.27. The fourth-order valence-electron chi connectivity index (χ4n) is 2.63. The van der Waals surface area contributed by atoms with Crippen molar-refractivity contribution in [3.05, 3.63) is 11.9 Å². The Morgan fingerprint density at radius 2 is 2.11 bits per heavy atom. The lowest BCUT2D eigenvalue weighted by atomic mass is 10.1. The SMILES string of the molecule is O=C(NC1CN(CC2CC2)C1)c1cn(C2CC2)nn1. The van der Waals surface area contributed by atoms with Crippen LogP contribution in [0.25, 0.3) is 0 Å². The summed E-state index contributed by atoms with van der Waals surface area (Å²) in [6.07, 6.45) is 6.86. The van der Waals surface area contributed by atoms with Crippen LogP contribution in [0.5, 0.6) is 0 Å². The smallest absolute Gasteiger partial charge is 0.273 e. The highest BCUT2D eigenvalue weighted by molar-refractivity contribution is 5.92. The fraction of sp³-hybridized carbons (Fsp3) is 0.769. The molecular formula is C13H19N5O. The maximum absolute atomic E-state index is 12.0. The molecule has 4 rings (SSSR count). The van der Waals surface area contributed by atoms with Crippen molar-refractivity contribution in [2.24, 2.45) is 5.92 Å². The van der Waals surface area contributed by atoms with Gasteiger partial charge in [0, 0.05) is 19.6 Å². The highest BCUT2D eigenvalue weighted by Gasteiger charge is 2.33. The molecule has 2 aliphatic carbocycles. The Hall–Kier alpha value is -1.43. The van der Waals surface area contributed by atoms with Gasteiger partial charge in [-0.15, -0.1) is 5.10 Å². The van der Waals surface area contributed by atoms with E-state index in [9.17, 15) is 4.79 Å². The summed E-state index contributed by atoms with van der Waals surface area (Å²) < 4.78 is 1.81. The van der Waals surface area contributed by atoms with Crippen LogP contribution in [-0.4, -0.2) is 51.5 Å². The van der Waals surface area contributed by atoms with Crippen LogP contribution in [0.15, 0.2) is 6.20 Å². The number of likely N-dealkylation sites (tertiary alicyclic amines) is 1. The molecule has 6 heteroatoms. The molecule has 6 nitrogen and oxygen atoms in total. The molecule has 1 saturated heterocycles. The molecule has 1 amide bonds. The van der Waals surface area contributed by atoms with Gasteiger partial charge in [0.25, 0.3) is 5.91 Å². The highest BCUT2D eigenvalue weighted by Crippen LogP contribution is 2.33. The summed E-state index contributed by atoms with van der Waals surface area (Å²) in [6.45, 7) is 3.18. The van der Waals surface area contributed by atoms with E-state index in [4.69, 9.17) is 0 Å². The number of amides is 1. The average molecular weight is 261 g/mol. The summed E-state index contributed by atoms with van der Waals surface area (Å²) in [5.74, 6) is 0.845. The molecule has 102 valence electrons. The second-order valence-electron chi connectivity index (χ2n) is 6.15. The summed E-state index contributed by atoms with van der Waals surface area (Å²) >= 11 is 0. The van der Waals surface area contributed by atoms with Crippen LogP contribution in [0.2, 0.25) is 0 Å². The fourth-order valence-corrected chi connectivity index (χ4v) is 2.63. The zero-order valence-electron chi connectivity index (χ0n) is 11.0. The third-order valence-corrected chi connectivity index (χ3v) is 4.17. The summed E-state index contributed by atoms with van der Waals surface area (Å²) in [7, 11) is 0. The number of hydrogen-bond donors (Lipinski definition) is 1. The van der Waals surface area contributed by atoms with Crippen molar-refractivity contribution in [2.75, 3.05) is 19.6 Å². The van der Waals surface area contributed by atoms with Crippen molar-refractivity contribution in [3.8, 4) is 0 Å². The van der Waals surface area contributed by atoms with Gasteiger partial charge in [0.05, 0.1) is 18.3 Å². The minimum atomic E-state index is -0.0806. The van der Waals surface area contributed by atoms with Gasteiger partial charge in [-0.3, -0.25) is 9.69 Å². The van der Waals surface area contributed by atoms with E-state index in [1.54, 1.807) is 6.20 Å². The van der Waals surface area contributed by atoms with Crippen LogP contribution in [0.1, 0.15) is 42.2 Å². The molecule has 0 spiro atoms. The van der Waals surface area contributed by atoms with Crippen molar-refractivity contribution in [1.82, 2.24) is 25.2 Å². The number of carbonyl (C=O) groups is 1. The third-order valence-electron chi connectivity index (χ3n) is 4.17. The minimum Gasteiger partial charge on any atom is -0.345 e. The van der Waals surface area contributed by atoms with Crippen LogP contribution >= 0.6 is 0 Å². The van der Waals surface area contributed by atoms with Gasteiger partial charge in [-0.25, -0.2) is 4.68 Å². The Kier molecular flexibility index (Phi) is 2.58. The molecule has 1 aromatic rings. The topological polar surface area (TPSA) is 63.1 Å². The second kappa shape index (κ2) is 4.30. The van der Waals surface area contributed by atoms with E-state index in [0.717, 1.165) is 31.8 Å². The minimum absolute atomic E-state index is 0.0806. The predicted octanol–water partition coefficient (Wildman–Crippen LogP) is 0.437. The Balaban J connectivity index is 1.26. The van der Waals surface area contributed by atoms with Crippen molar-refractivity contribution in [1.29, 1.82) is 0 Å². The van der Waals surface area contributed by atoms with E-state index in [1.165, 1.54) is 19.4 Å². The number of nitrogens with zero attached hydrogens (tertiary/aromatic N) is 4. The van der Waals surface area contributed by atoms with Crippen molar-refractivity contribution in [3.63, 3.8) is 0 Å². The van der Waals surface area contributed by atoms with Gasteiger partial charge < -0.3 is 5.32 Å². The number of nitrogens with one attached hydrogen (secondary N) is 1. The maximum atomic E-state index is 12.0. The Morgan fingerprint density at radius 3 is 2.79 bits per heavy atom. The monoisotopic (exact) mass is 261 g/mol. The Morgan fingerprint density at radius 1 is 1.32 bits per heavy atom. The molecule has 0 atom stereocenters. The van der Waals surface area contributed by atoms with Gasteiger partial charge in [-0.05, 0) is 31.6 Å². The molecule has 0 unspecified atom stereocenters. The van der Waals surface area contributed by atoms with Gasteiger partial charge in [0.1, 0.15) is 0 Å². The molecule has 0 bridgehead atoms. The zero-order valence-corrected chi connectivity index (χ0v) is 11.0. The molecule has 3 fully saturated rings. The lowest BCUT2D eigenvalue weighted by Crippen LogP contribution is -2.59. The number of rotatable bonds is 5. The summed E-state index contributed by atoms with van der Waals surface area (Å²) in [5.41, 5.74) is 0.451. The van der Waals surface area contributed by atoms with Crippen LogP contribution in [0.3, 0.4) is 0 Å². The second-order valence-corrected chi connectivity index (χ2v) is 6.15. The highest BCUT2D eigenvalue weighted by atomic mass is 16.2. The van der Waals surface area contributed by atoms with E-state index in [1.807, 2.05) is 4.68 Å². The van der Waals surface area contributed by atoms with E-state index in [0.29, 0.717) is 11.7 Å². The lowest BCUT2D eigenvalue weighted by molar-refractivity contribution is 0.0797. The van der Waals surface area contributed by atoms with Gasteiger partial charge in [0.2, 0.25) is 0 Å². The van der Waals surface area contributed by atoms with Gasteiger partial charge >= 0.3 is 0 Å². The quantitative estimate of drug-likeness (QED) is 0.835. The first kappa shape index (κ1) is 11.4. The first-order valence-corrected chi connectivity index (χ1v) is 7.23. The number of carbonyl (C=O) groups excluding carboxylic acids is 1. The summed E-state index contributed by atoms with van der Waals surface area (Å²) in [5, 5.41) is 11.0. The maximum Gasteiger partial charge on any atom is 0.273 e. The normalized spacial score (nSPS) is 24.2. The molecule has 2 heterocycles. The Labute approximate surface area is 112 Å². The molecule has 1 N–H and O–H groups in total. The van der Waals surface area contributed by atoms with Crippen molar-refractivity contribution < 1.29 is 4.79 Å². The van der Waals surface area contributed by atoms with Crippen LogP contribution in [0.4, 0.5) is 0 Å². The molecule has 19 heavy (non-hydrogen) atoms. The van der Waals surface area contributed by atoms with Crippen LogP contribution in [-0.2, 0) is 0 Å². The van der Waals surface area contributed by atoms with E-state index in [2.05, 4.69) is 20.5 Å². The Bertz CT molecular complexity index is 485. The largest absolute Gasteiger partial charge is 0.345 e. The first-order chi connectivity index (χ1) is 9.28. The molecule has 2 saturated carbocycles. The van der Waals surface area contributed by atoms with Crippen LogP contribution < -0.4 is 5.32 Å². The molecule has 1 aromatic heterocycles. The standard InChI is InChI=1S/C13H19N5O/c19-13(12-8-18(16-15-12)11-3-4-11)14-10-6-17(7-10)5-9-1-2-9/h8-11H,1-7H2,(H,14,19). The van der Waals surface area contributed by atoms with E-state index < -0.39 is 0 Å². The van der Waals surface area contributed by atoms with Crippen molar-refractivity contribution >= 4 is 5.91 Å². The van der Waals surface area contributed by atoms with Crippen molar-refractivity contribution in [2.45, 2.75) is 37.8 Å². The molecular weight excluding hydrogens is 242 g/mol. The first-order valence-electron chi connectivity index (χ1n) is 7.23. The van der Waals surface area contributed by atoms with Gasteiger partial charge in [-0.1, -0.05) is 5.21 Å². The molecule has 0 aromatic carbocycles. The third kappa shape index (κ3) is 2.49. The molecule has 1 aliphatic heterocycles. The molecule has 3 aliphatic rings. The predicted molar refractivity (Wildman–Crippen MR) is 68.7 cm³/mol. The summed E-state index contributed by atoms with van der Waals surface area (Å²) in [4.78, 5) is 14.4. The van der Waals surface area contributed by atoms with E-state index in [-0.39, 0.29) is 11.9 Å². The lowest BCUT2D eigenvalue weighted by Gasteiger charge is -2.39. The van der Waals surface area contributed by atoms with Gasteiger partial charge in [-0.2, -0.15) is 0 Å².